The molecule has 2 fully saturated rings. The van der Waals surface area contributed by atoms with E-state index in [1.165, 1.54) is 25.7 Å². The highest BCUT2D eigenvalue weighted by atomic mass is 16.3. The fourth-order valence-corrected chi connectivity index (χ4v) is 5.34. The Hall–Kier alpha value is -2.82. The normalized spacial score (nSPS) is 25.2. The Morgan fingerprint density at radius 1 is 1.08 bits per heavy atom. The van der Waals surface area contributed by atoms with Crippen LogP contribution in [0.2, 0.25) is 0 Å². The number of aliphatic hydroxyl groups excluding tert-OH is 2. The number of nitrogens with two attached hydrogens (primary N) is 1. The van der Waals surface area contributed by atoms with Gasteiger partial charge < -0.3 is 31.1 Å². The molecule has 2 heterocycles. The minimum Gasteiger partial charge on any atom is -0.391 e. The number of Topliss-reactive ketones (excluding diaryl/α,β-unsaturated/α-hetero) is 1. The molecule has 2 aliphatic rings. The lowest BCUT2D eigenvalue weighted by Gasteiger charge is -2.41. The minimum atomic E-state index is -1.29. The third-order valence-electron chi connectivity index (χ3n) is 7.35. The standard InChI is InChI=1S/C26H38N4O6/c1-16(31)21(27)24(35)29-13-7-11-20(29)23(34)30-14-8-12-26(30,15-19-9-5-4-6-10-19)25(36)28-22(17(2)32)18(3)33/h4-6,9-10,16-17,20-22,31-32H,7-8,11-15,27H2,1-3H3,(H,28,36)/t16-,17-,20+,21+,22+,26-/m1/s1. The van der Waals surface area contributed by atoms with Gasteiger partial charge in [0.2, 0.25) is 17.7 Å². The topological polar surface area (TPSA) is 153 Å². The zero-order valence-electron chi connectivity index (χ0n) is 21.2. The van der Waals surface area contributed by atoms with E-state index in [0.717, 1.165) is 5.56 Å². The van der Waals surface area contributed by atoms with Crippen LogP contribution in [0.3, 0.4) is 0 Å². The molecule has 36 heavy (non-hydrogen) atoms. The number of nitrogens with zero attached hydrogens (tertiary/aromatic N) is 2. The molecule has 0 spiro atoms. The van der Waals surface area contributed by atoms with Crippen LogP contribution in [0.15, 0.2) is 30.3 Å². The van der Waals surface area contributed by atoms with Gasteiger partial charge in [-0.1, -0.05) is 30.3 Å². The van der Waals surface area contributed by atoms with Crippen LogP contribution in [0.25, 0.3) is 0 Å². The van der Waals surface area contributed by atoms with Gasteiger partial charge in [-0.2, -0.15) is 0 Å². The number of hydrogen-bond donors (Lipinski definition) is 4. The predicted molar refractivity (Wildman–Crippen MR) is 133 cm³/mol. The number of carbonyl (C=O) groups is 4. The van der Waals surface area contributed by atoms with E-state index in [1.807, 2.05) is 30.3 Å². The zero-order valence-corrected chi connectivity index (χ0v) is 21.2. The van der Waals surface area contributed by atoms with Gasteiger partial charge in [0.1, 0.15) is 23.7 Å². The predicted octanol–water partition coefficient (Wildman–Crippen LogP) is -0.256. The minimum absolute atomic E-state index is 0.226. The highest BCUT2D eigenvalue weighted by Gasteiger charge is 2.53. The number of likely N-dealkylation sites (tertiary alicyclic amines) is 2. The molecule has 1 aromatic rings. The van der Waals surface area contributed by atoms with Crippen molar-refractivity contribution in [3.63, 3.8) is 0 Å². The first-order valence-electron chi connectivity index (χ1n) is 12.6. The maximum absolute atomic E-state index is 14.0. The van der Waals surface area contributed by atoms with Gasteiger partial charge >= 0.3 is 0 Å². The summed E-state index contributed by atoms with van der Waals surface area (Å²) in [6, 6.07) is 6.29. The summed E-state index contributed by atoms with van der Waals surface area (Å²) >= 11 is 0. The van der Waals surface area contributed by atoms with Crippen molar-refractivity contribution < 1.29 is 29.4 Å². The molecule has 0 aromatic heterocycles. The van der Waals surface area contributed by atoms with Crippen LogP contribution in [0, 0.1) is 0 Å². The highest BCUT2D eigenvalue weighted by molar-refractivity contribution is 5.98. The number of carbonyl (C=O) groups excluding carboxylic acids is 4. The number of ketones is 1. The van der Waals surface area contributed by atoms with Crippen molar-refractivity contribution in [1.29, 1.82) is 0 Å². The summed E-state index contributed by atoms with van der Waals surface area (Å²) < 4.78 is 0. The van der Waals surface area contributed by atoms with E-state index in [2.05, 4.69) is 5.32 Å². The molecule has 0 unspecified atom stereocenters. The Bertz CT molecular complexity index is 968. The Labute approximate surface area is 211 Å². The average molecular weight is 503 g/mol. The number of rotatable bonds is 9. The second-order valence-electron chi connectivity index (χ2n) is 10.0. The molecule has 3 amide bonds. The first-order chi connectivity index (χ1) is 17.0. The fraction of sp³-hybridized carbons (Fsp3) is 0.615. The molecular formula is C26H38N4O6. The van der Waals surface area contributed by atoms with Crippen LogP contribution >= 0.6 is 0 Å². The maximum Gasteiger partial charge on any atom is 0.246 e. The van der Waals surface area contributed by atoms with Crippen LogP contribution in [-0.2, 0) is 25.6 Å². The Balaban J connectivity index is 1.96. The number of amides is 3. The number of hydrogen-bond acceptors (Lipinski definition) is 7. The van der Waals surface area contributed by atoms with Gasteiger partial charge in [0.25, 0.3) is 0 Å². The summed E-state index contributed by atoms with van der Waals surface area (Å²) in [7, 11) is 0. The molecule has 0 radical (unpaired) electrons. The van der Waals surface area contributed by atoms with Crippen molar-refractivity contribution in [3.8, 4) is 0 Å². The summed E-state index contributed by atoms with van der Waals surface area (Å²) in [6.07, 6.45) is 0.0407. The molecule has 0 bridgehead atoms. The van der Waals surface area contributed by atoms with Gasteiger partial charge in [-0.25, -0.2) is 0 Å². The molecule has 2 saturated heterocycles. The molecule has 10 nitrogen and oxygen atoms in total. The maximum atomic E-state index is 14.0. The first-order valence-corrected chi connectivity index (χ1v) is 12.6. The summed E-state index contributed by atoms with van der Waals surface area (Å²) in [5.74, 6) is -1.74. The van der Waals surface area contributed by atoms with E-state index in [0.29, 0.717) is 38.8 Å². The monoisotopic (exact) mass is 502 g/mol. The van der Waals surface area contributed by atoms with Gasteiger partial charge in [-0.05, 0) is 52.0 Å². The molecule has 0 aliphatic carbocycles. The first kappa shape index (κ1) is 27.8. The quantitative estimate of drug-likeness (QED) is 0.363. The van der Waals surface area contributed by atoms with E-state index in [1.54, 1.807) is 4.90 Å². The van der Waals surface area contributed by atoms with E-state index in [4.69, 9.17) is 5.73 Å². The third-order valence-corrected chi connectivity index (χ3v) is 7.35. The van der Waals surface area contributed by atoms with E-state index >= 15 is 0 Å². The fourth-order valence-electron chi connectivity index (χ4n) is 5.34. The molecule has 5 N–H and O–H groups in total. The third kappa shape index (κ3) is 5.61. The van der Waals surface area contributed by atoms with Crippen molar-refractivity contribution >= 4 is 23.5 Å². The number of aliphatic hydroxyl groups is 2. The summed E-state index contributed by atoms with van der Waals surface area (Å²) in [5.41, 5.74) is 5.44. The van der Waals surface area contributed by atoms with Crippen LogP contribution < -0.4 is 11.1 Å². The SMILES string of the molecule is CC(=O)[C@@H](NC(=O)[C@]1(Cc2ccccc2)CCCN1C(=O)[C@@H]1CCCN1C(=O)[C@@H](N)[C@@H](C)O)[C@@H](C)O. The van der Waals surface area contributed by atoms with Crippen molar-refractivity contribution in [2.45, 2.75) is 88.7 Å². The lowest BCUT2D eigenvalue weighted by molar-refractivity contribution is -0.152. The van der Waals surface area contributed by atoms with Crippen molar-refractivity contribution in [2.24, 2.45) is 5.73 Å². The van der Waals surface area contributed by atoms with Gasteiger partial charge in [-0.3, -0.25) is 19.2 Å². The van der Waals surface area contributed by atoms with Gasteiger partial charge in [0.05, 0.1) is 12.2 Å². The summed E-state index contributed by atoms with van der Waals surface area (Å²) in [4.78, 5) is 55.8. The molecule has 0 saturated carbocycles. The molecule has 1 aromatic carbocycles. The molecule has 2 aliphatic heterocycles. The number of nitrogens with one attached hydrogen (secondary N) is 1. The molecule has 10 heteroatoms. The molecule has 6 atom stereocenters. The van der Waals surface area contributed by atoms with Gasteiger partial charge in [-0.15, -0.1) is 0 Å². The Morgan fingerprint density at radius 2 is 1.75 bits per heavy atom. The zero-order chi connectivity index (χ0) is 26.6. The second kappa shape index (κ2) is 11.5. The average Bonchev–Trinajstić information content (AvgIpc) is 3.49. The molecular weight excluding hydrogens is 464 g/mol. The lowest BCUT2D eigenvalue weighted by atomic mass is 9.86. The summed E-state index contributed by atoms with van der Waals surface area (Å²) in [6.45, 7) is 4.82. The van der Waals surface area contributed by atoms with E-state index in [-0.39, 0.29) is 18.1 Å². The lowest BCUT2D eigenvalue weighted by Crippen LogP contribution is -2.64. The van der Waals surface area contributed by atoms with Crippen molar-refractivity contribution in [1.82, 2.24) is 15.1 Å². The van der Waals surface area contributed by atoms with Crippen molar-refractivity contribution in [3.05, 3.63) is 35.9 Å². The van der Waals surface area contributed by atoms with Crippen LogP contribution in [-0.4, -0.2) is 92.5 Å². The van der Waals surface area contributed by atoms with E-state index in [9.17, 15) is 29.4 Å². The largest absolute Gasteiger partial charge is 0.391 e. The van der Waals surface area contributed by atoms with Crippen molar-refractivity contribution in [2.75, 3.05) is 13.1 Å². The van der Waals surface area contributed by atoms with E-state index < -0.39 is 47.7 Å². The highest BCUT2D eigenvalue weighted by Crippen LogP contribution is 2.36. The number of benzene rings is 1. The van der Waals surface area contributed by atoms with Gasteiger partial charge in [0, 0.05) is 19.5 Å². The van der Waals surface area contributed by atoms with Crippen LogP contribution in [0.4, 0.5) is 0 Å². The van der Waals surface area contributed by atoms with Gasteiger partial charge in [0.15, 0.2) is 5.78 Å². The Kier molecular flexibility index (Phi) is 8.86. The molecule has 3 rings (SSSR count). The van der Waals surface area contributed by atoms with Crippen LogP contribution in [0.5, 0.6) is 0 Å². The smallest absolute Gasteiger partial charge is 0.246 e. The second-order valence-corrected chi connectivity index (χ2v) is 10.0. The summed E-state index contributed by atoms with van der Waals surface area (Å²) in [5, 5.41) is 22.6. The Morgan fingerprint density at radius 3 is 2.33 bits per heavy atom. The van der Waals surface area contributed by atoms with Crippen LogP contribution in [0.1, 0.15) is 52.0 Å². The molecule has 198 valence electrons.